The minimum absolute atomic E-state index is 0.232. The highest BCUT2D eigenvalue weighted by molar-refractivity contribution is 9.10. The van der Waals surface area contributed by atoms with Gasteiger partial charge in [-0.15, -0.1) is 0 Å². The molecule has 6 aromatic carbocycles. The van der Waals surface area contributed by atoms with Crippen LogP contribution < -0.4 is 0 Å². The van der Waals surface area contributed by atoms with Gasteiger partial charge in [-0.05, 0) is 85.1 Å². The maximum absolute atomic E-state index is 3.55. The number of rotatable bonds is 3. The van der Waals surface area contributed by atoms with Crippen LogP contribution in [0.5, 0.6) is 0 Å². The molecule has 0 amide bonds. The summed E-state index contributed by atoms with van der Waals surface area (Å²) in [4.78, 5) is 0. The number of halogens is 1. The lowest BCUT2D eigenvalue weighted by molar-refractivity contribution is 1.02. The van der Waals surface area contributed by atoms with Crippen LogP contribution in [0.1, 0.15) is 22.6 Å². The van der Waals surface area contributed by atoms with Crippen LogP contribution in [0.25, 0.3) is 44.2 Å². The second kappa shape index (κ2) is 8.62. The van der Waals surface area contributed by atoms with Gasteiger partial charge >= 0.3 is 0 Å². The molecule has 0 bridgehead atoms. The van der Waals surface area contributed by atoms with Crippen molar-refractivity contribution in [3.8, 4) is 33.4 Å². The van der Waals surface area contributed by atoms with Crippen molar-refractivity contribution in [2.45, 2.75) is 5.92 Å². The molecule has 170 valence electrons. The van der Waals surface area contributed by atoms with Crippen LogP contribution in [0.2, 0.25) is 0 Å². The third kappa shape index (κ3) is 3.51. The maximum Gasteiger partial charge on any atom is 0.0352 e. The zero-order valence-corrected chi connectivity index (χ0v) is 21.2. The lowest BCUT2D eigenvalue weighted by atomic mass is 9.87. The summed E-state index contributed by atoms with van der Waals surface area (Å²) < 4.78 is 1.10. The van der Waals surface area contributed by atoms with E-state index < -0.39 is 0 Å². The van der Waals surface area contributed by atoms with Crippen LogP contribution in [0, 0.1) is 0 Å². The summed E-state index contributed by atoms with van der Waals surface area (Å²) in [6, 6.07) is 48.8. The first kappa shape index (κ1) is 21.4. The van der Waals surface area contributed by atoms with Crippen LogP contribution in [-0.2, 0) is 0 Å². The van der Waals surface area contributed by atoms with E-state index in [-0.39, 0.29) is 5.92 Å². The van der Waals surface area contributed by atoms with Gasteiger partial charge in [-0.1, -0.05) is 125 Å². The van der Waals surface area contributed by atoms with Crippen LogP contribution in [-0.4, -0.2) is 0 Å². The first-order valence-electron chi connectivity index (χ1n) is 12.3. The van der Waals surface area contributed by atoms with Crippen molar-refractivity contribution in [3.05, 3.63) is 155 Å². The third-order valence-electron chi connectivity index (χ3n) is 7.41. The van der Waals surface area contributed by atoms with Gasteiger partial charge in [0.25, 0.3) is 0 Å². The average molecular weight is 523 g/mol. The monoisotopic (exact) mass is 522 g/mol. The molecule has 0 fully saturated rings. The Balaban J connectivity index is 1.41. The summed E-state index contributed by atoms with van der Waals surface area (Å²) in [7, 11) is 0. The van der Waals surface area contributed by atoms with E-state index >= 15 is 0 Å². The molecule has 1 heteroatoms. The minimum atomic E-state index is 0.232. The SMILES string of the molecule is Brc1ccc(-c2cccc(-c3ccc4c(c3)C(c3ccccc3)c3ccc5ccccc5c3-4)c2)cc1. The van der Waals surface area contributed by atoms with Crippen LogP contribution in [0.15, 0.2) is 138 Å². The molecule has 0 N–H and O–H groups in total. The second-order valence-electron chi connectivity index (χ2n) is 9.48. The lowest BCUT2D eigenvalue weighted by Crippen LogP contribution is -1.99. The summed E-state index contributed by atoms with van der Waals surface area (Å²) >= 11 is 3.55. The number of hydrogen-bond acceptors (Lipinski definition) is 0. The Labute approximate surface area is 220 Å². The Morgan fingerprint density at radius 1 is 0.472 bits per heavy atom. The van der Waals surface area contributed by atoms with E-state index in [1.165, 1.54) is 60.8 Å². The van der Waals surface area contributed by atoms with Crippen molar-refractivity contribution in [3.63, 3.8) is 0 Å². The molecule has 0 heterocycles. The minimum Gasteiger partial charge on any atom is -0.0622 e. The lowest BCUT2D eigenvalue weighted by Gasteiger charge is -2.16. The van der Waals surface area contributed by atoms with Crippen molar-refractivity contribution in [2.24, 2.45) is 0 Å². The van der Waals surface area contributed by atoms with Crippen LogP contribution in [0.3, 0.4) is 0 Å². The molecule has 6 aromatic rings. The van der Waals surface area contributed by atoms with E-state index in [1.807, 2.05) is 0 Å². The molecule has 1 atom stereocenters. The average Bonchev–Trinajstić information content (AvgIpc) is 3.28. The first-order valence-corrected chi connectivity index (χ1v) is 13.1. The Bertz CT molecular complexity index is 1730. The van der Waals surface area contributed by atoms with Gasteiger partial charge in [-0.3, -0.25) is 0 Å². The van der Waals surface area contributed by atoms with Gasteiger partial charge in [0.2, 0.25) is 0 Å². The van der Waals surface area contributed by atoms with Gasteiger partial charge in [0.1, 0.15) is 0 Å². The number of hydrogen-bond donors (Lipinski definition) is 0. The summed E-state index contributed by atoms with van der Waals surface area (Å²) in [5.74, 6) is 0.232. The molecule has 0 saturated heterocycles. The fourth-order valence-corrected chi connectivity index (χ4v) is 6.00. The molecule has 0 spiro atoms. The smallest absolute Gasteiger partial charge is 0.0352 e. The topological polar surface area (TPSA) is 0 Å². The van der Waals surface area contributed by atoms with E-state index in [9.17, 15) is 0 Å². The van der Waals surface area contributed by atoms with Gasteiger partial charge in [0.15, 0.2) is 0 Å². The molecular weight excluding hydrogens is 500 g/mol. The Hall–Kier alpha value is -3.94. The number of benzene rings is 6. The molecule has 0 aliphatic heterocycles. The number of fused-ring (bicyclic) bond motifs is 5. The fraction of sp³-hybridized carbons (Fsp3) is 0.0286. The highest BCUT2D eigenvalue weighted by atomic mass is 79.9. The van der Waals surface area contributed by atoms with Crippen molar-refractivity contribution < 1.29 is 0 Å². The van der Waals surface area contributed by atoms with E-state index in [0.29, 0.717) is 0 Å². The van der Waals surface area contributed by atoms with Crippen molar-refractivity contribution in [2.75, 3.05) is 0 Å². The quantitative estimate of drug-likeness (QED) is 0.216. The molecule has 0 nitrogen and oxygen atoms in total. The highest BCUT2D eigenvalue weighted by Crippen LogP contribution is 2.51. The predicted octanol–water partition coefficient (Wildman–Crippen LogP) is 10.1. The Morgan fingerprint density at radius 3 is 2.00 bits per heavy atom. The van der Waals surface area contributed by atoms with E-state index in [1.54, 1.807) is 0 Å². The van der Waals surface area contributed by atoms with Crippen molar-refractivity contribution in [1.82, 2.24) is 0 Å². The molecule has 36 heavy (non-hydrogen) atoms. The van der Waals surface area contributed by atoms with Crippen LogP contribution in [0.4, 0.5) is 0 Å². The van der Waals surface area contributed by atoms with Gasteiger partial charge in [0.05, 0.1) is 0 Å². The molecule has 0 aromatic heterocycles. The Kier molecular flexibility index (Phi) is 5.11. The largest absolute Gasteiger partial charge is 0.0622 e. The second-order valence-corrected chi connectivity index (χ2v) is 10.4. The highest BCUT2D eigenvalue weighted by Gasteiger charge is 2.31. The molecule has 0 radical (unpaired) electrons. The normalized spacial score (nSPS) is 14.0. The summed E-state index contributed by atoms with van der Waals surface area (Å²) in [6.07, 6.45) is 0. The maximum atomic E-state index is 3.55. The van der Waals surface area contributed by atoms with E-state index in [4.69, 9.17) is 0 Å². The molecular formula is C35H23Br. The van der Waals surface area contributed by atoms with Gasteiger partial charge in [-0.25, -0.2) is 0 Å². The first-order chi connectivity index (χ1) is 17.8. The molecule has 0 saturated carbocycles. The standard InChI is InChI=1S/C35H23Br/c36-29-17-13-23(14-18-29)26-10-6-11-27(21-26)28-16-19-31-33(22-28)34(25-8-2-1-3-9-25)32-20-15-24-7-4-5-12-30(24)35(31)32/h1-22,34H. The van der Waals surface area contributed by atoms with Gasteiger partial charge in [-0.2, -0.15) is 0 Å². The van der Waals surface area contributed by atoms with E-state index in [0.717, 1.165) is 4.47 Å². The molecule has 7 rings (SSSR count). The zero-order chi connectivity index (χ0) is 24.1. The van der Waals surface area contributed by atoms with E-state index in [2.05, 4.69) is 149 Å². The third-order valence-corrected chi connectivity index (χ3v) is 7.94. The van der Waals surface area contributed by atoms with Gasteiger partial charge < -0.3 is 0 Å². The zero-order valence-electron chi connectivity index (χ0n) is 19.7. The van der Waals surface area contributed by atoms with Crippen molar-refractivity contribution in [1.29, 1.82) is 0 Å². The Morgan fingerprint density at radius 2 is 1.17 bits per heavy atom. The summed E-state index contributed by atoms with van der Waals surface area (Å²) in [5.41, 5.74) is 11.8. The molecule has 1 unspecified atom stereocenters. The van der Waals surface area contributed by atoms with Crippen LogP contribution >= 0.6 is 15.9 Å². The molecule has 1 aliphatic rings. The van der Waals surface area contributed by atoms with Gasteiger partial charge in [0, 0.05) is 10.4 Å². The predicted molar refractivity (Wildman–Crippen MR) is 155 cm³/mol. The summed E-state index contributed by atoms with van der Waals surface area (Å²) in [5, 5.41) is 2.63. The summed E-state index contributed by atoms with van der Waals surface area (Å²) in [6.45, 7) is 0. The molecule has 1 aliphatic carbocycles. The van der Waals surface area contributed by atoms with Crippen molar-refractivity contribution >= 4 is 26.7 Å². The fourth-order valence-electron chi connectivity index (χ4n) is 5.73.